The van der Waals surface area contributed by atoms with Crippen LogP contribution >= 0.6 is 0 Å². The summed E-state index contributed by atoms with van der Waals surface area (Å²) >= 11 is 0. The lowest BCUT2D eigenvalue weighted by molar-refractivity contribution is 0.0689. The minimum absolute atomic E-state index is 0.0199. The van der Waals surface area contributed by atoms with Crippen molar-refractivity contribution in [3.05, 3.63) is 47.8 Å². The third-order valence-corrected chi connectivity index (χ3v) is 4.38. The van der Waals surface area contributed by atoms with E-state index >= 15 is 0 Å². The molecule has 0 unspecified atom stereocenters. The fraction of sp³-hybridized carbons (Fsp3) is 0.444. The Balaban J connectivity index is 1.59. The lowest BCUT2D eigenvalue weighted by Gasteiger charge is -2.29. The number of aryl methyl sites for hydroxylation is 1. The number of hydrogen-bond acceptors (Lipinski definition) is 3. The molecule has 1 aromatic heterocycles. The van der Waals surface area contributed by atoms with Crippen LogP contribution in [0.4, 0.5) is 0 Å². The number of aromatic nitrogens is 2. The van der Waals surface area contributed by atoms with Gasteiger partial charge in [-0.15, -0.1) is 0 Å². The Morgan fingerprint density at radius 2 is 2.00 bits per heavy atom. The van der Waals surface area contributed by atoms with Gasteiger partial charge in [0.05, 0.1) is 0 Å². The van der Waals surface area contributed by atoms with Gasteiger partial charge in [0, 0.05) is 19.3 Å². The van der Waals surface area contributed by atoms with Gasteiger partial charge in [-0.3, -0.25) is 4.79 Å². The van der Waals surface area contributed by atoms with Crippen molar-refractivity contribution in [2.45, 2.75) is 33.4 Å². The molecular formula is C18H23N3O2. The van der Waals surface area contributed by atoms with Crippen molar-refractivity contribution in [2.75, 3.05) is 13.1 Å². The van der Waals surface area contributed by atoms with Gasteiger partial charge in [0.1, 0.15) is 5.75 Å². The third-order valence-electron chi connectivity index (χ3n) is 4.38. The predicted octanol–water partition coefficient (Wildman–Crippen LogP) is 3.10. The van der Waals surface area contributed by atoms with Gasteiger partial charge < -0.3 is 9.64 Å². The van der Waals surface area contributed by atoms with Crippen LogP contribution in [0.15, 0.2) is 36.5 Å². The normalized spacial score (nSPS) is 15.7. The molecule has 2 aromatic rings. The van der Waals surface area contributed by atoms with Crippen LogP contribution in [0.5, 0.6) is 5.75 Å². The highest BCUT2D eigenvalue weighted by Gasteiger charge is 2.22. The quantitative estimate of drug-likeness (QED) is 0.871. The number of carbonyl (C=O) groups is 1. The van der Waals surface area contributed by atoms with Gasteiger partial charge in [-0.25, -0.2) is 4.68 Å². The minimum Gasteiger partial charge on any atom is -0.471 e. The zero-order valence-corrected chi connectivity index (χ0v) is 13.7. The zero-order chi connectivity index (χ0) is 16.2. The Bertz CT molecular complexity index is 672. The second-order valence-electron chi connectivity index (χ2n) is 6.25. The molecule has 0 saturated carbocycles. The number of amides is 1. The van der Waals surface area contributed by atoms with Crippen LogP contribution in [0, 0.1) is 12.8 Å². The topological polar surface area (TPSA) is 47.4 Å². The molecule has 1 aliphatic heterocycles. The number of piperidine rings is 1. The molecule has 5 nitrogen and oxygen atoms in total. The summed E-state index contributed by atoms with van der Waals surface area (Å²) in [5, 5.41) is 4.35. The molecule has 1 aliphatic rings. The van der Waals surface area contributed by atoms with Crippen molar-refractivity contribution >= 4 is 5.91 Å². The summed E-state index contributed by atoms with van der Waals surface area (Å²) in [6, 6.07) is 9.62. The van der Waals surface area contributed by atoms with Crippen molar-refractivity contribution in [3.63, 3.8) is 0 Å². The molecule has 5 heteroatoms. The van der Waals surface area contributed by atoms with E-state index in [-0.39, 0.29) is 5.91 Å². The Morgan fingerprint density at radius 3 is 2.74 bits per heavy atom. The van der Waals surface area contributed by atoms with Crippen molar-refractivity contribution < 1.29 is 9.53 Å². The minimum atomic E-state index is 0.0199. The van der Waals surface area contributed by atoms with Crippen molar-refractivity contribution in [1.82, 2.24) is 14.7 Å². The van der Waals surface area contributed by atoms with Gasteiger partial charge in [0.25, 0.3) is 5.91 Å². The van der Waals surface area contributed by atoms with Crippen LogP contribution in [-0.4, -0.2) is 33.7 Å². The molecule has 0 atom stereocenters. The molecule has 1 aromatic carbocycles. The standard InChI is InChI=1S/C18H23N3O2/c1-14-7-10-20(11-8-14)18(22)16-9-12-21(19-16)13-23-17-6-4-3-5-15(17)2/h3-6,9,12,14H,7-8,10-11,13H2,1-2H3. The van der Waals surface area contributed by atoms with Crippen LogP contribution in [0.3, 0.4) is 0 Å². The highest BCUT2D eigenvalue weighted by Crippen LogP contribution is 2.18. The number of para-hydroxylation sites is 1. The Kier molecular flexibility index (Phi) is 4.65. The molecular weight excluding hydrogens is 290 g/mol. The largest absolute Gasteiger partial charge is 0.471 e. The average Bonchev–Trinajstić information content (AvgIpc) is 3.03. The maximum Gasteiger partial charge on any atom is 0.274 e. The number of ether oxygens (including phenoxy) is 1. The van der Waals surface area contributed by atoms with Crippen LogP contribution in [0.1, 0.15) is 35.8 Å². The van der Waals surface area contributed by atoms with E-state index in [1.165, 1.54) is 0 Å². The first kappa shape index (κ1) is 15.6. The van der Waals surface area contributed by atoms with Crippen molar-refractivity contribution in [3.8, 4) is 5.75 Å². The molecule has 1 saturated heterocycles. The second kappa shape index (κ2) is 6.86. The van der Waals surface area contributed by atoms with Crippen LogP contribution < -0.4 is 4.74 Å². The summed E-state index contributed by atoms with van der Waals surface area (Å²) in [5.74, 6) is 1.56. The number of benzene rings is 1. The molecule has 0 radical (unpaired) electrons. The van der Waals surface area contributed by atoms with E-state index in [0.29, 0.717) is 18.3 Å². The molecule has 122 valence electrons. The first-order chi connectivity index (χ1) is 11.1. The first-order valence-electron chi connectivity index (χ1n) is 8.14. The third kappa shape index (κ3) is 3.73. The van der Waals surface area contributed by atoms with Gasteiger partial charge in [-0.2, -0.15) is 5.10 Å². The van der Waals surface area contributed by atoms with Crippen molar-refractivity contribution in [2.24, 2.45) is 5.92 Å². The second-order valence-corrected chi connectivity index (χ2v) is 6.25. The predicted molar refractivity (Wildman–Crippen MR) is 88.3 cm³/mol. The number of nitrogens with zero attached hydrogens (tertiary/aromatic N) is 3. The Labute approximate surface area is 136 Å². The summed E-state index contributed by atoms with van der Waals surface area (Å²) in [6.45, 7) is 6.19. The number of likely N-dealkylation sites (tertiary alicyclic amines) is 1. The first-order valence-corrected chi connectivity index (χ1v) is 8.14. The summed E-state index contributed by atoms with van der Waals surface area (Å²) < 4.78 is 7.41. The zero-order valence-electron chi connectivity index (χ0n) is 13.7. The van der Waals surface area contributed by atoms with Crippen LogP contribution in [-0.2, 0) is 6.73 Å². The van der Waals surface area contributed by atoms with E-state index < -0.39 is 0 Å². The molecule has 23 heavy (non-hydrogen) atoms. The molecule has 0 N–H and O–H groups in total. The average molecular weight is 313 g/mol. The molecule has 2 heterocycles. The number of hydrogen-bond donors (Lipinski definition) is 0. The maximum atomic E-state index is 12.5. The fourth-order valence-corrected chi connectivity index (χ4v) is 2.78. The van der Waals surface area contributed by atoms with Gasteiger partial charge in [-0.05, 0) is 43.4 Å². The van der Waals surface area contributed by atoms with Gasteiger partial charge in [0.15, 0.2) is 12.4 Å². The molecule has 0 aliphatic carbocycles. The van der Waals surface area contributed by atoms with E-state index in [2.05, 4.69) is 12.0 Å². The highest BCUT2D eigenvalue weighted by molar-refractivity contribution is 5.92. The van der Waals surface area contributed by atoms with E-state index in [4.69, 9.17) is 4.74 Å². The smallest absolute Gasteiger partial charge is 0.274 e. The molecule has 3 rings (SSSR count). The van der Waals surface area contributed by atoms with E-state index in [0.717, 1.165) is 37.2 Å². The Hall–Kier alpha value is -2.30. The monoisotopic (exact) mass is 313 g/mol. The molecule has 0 bridgehead atoms. The van der Waals surface area contributed by atoms with E-state index in [9.17, 15) is 4.79 Å². The fourth-order valence-electron chi connectivity index (χ4n) is 2.78. The van der Waals surface area contributed by atoms with E-state index in [1.54, 1.807) is 16.9 Å². The lowest BCUT2D eigenvalue weighted by atomic mass is 9.99. The van der Waals surface area contributed by atoms with E-state index in [1.807, 2.05) is 36.1 Å². The number of carbonyl (C=O) groups excluding carboxylic acids is 1. The van der Waals surface area contributed by atoms with Crippen LogP contribution in [0.2, 0.25) is 0 Å². The van der Waals surface area contributed by atoms with Gasteiger partial charge in [-0.1, -0.05) is 25.1 Å². The van der Waals surface area contributed by atoms with Gasteiger partial charge in [0.2, 0.25) is 0 Å². The number of rotatable bonds is 4. The van der Waals surface area contributed by atoms with Crippen molar-refractivity contribution in [1.29, 1.82) is 0 Å². The molecule has 1 fully saturated rings. The summed E-state index contributed by atoms with van der Waals surface area (Å²) in [5.41, 5.74) is 1.58. The summed E-state index contributed by atoms with van der Waals surface area (Å²) in [7, 11) is 0. The Morgan fingerprint density at radius 1 is 1.26 bits per heavy atom. The summed E-state index contributed by atoms with van der Waals surface area (Å²) in [4.78, 5) is 14.4. The summed E-state index contributed by atoms with van der Waals surface area (Å²) in [6.07, 6.45) is 3.93. The van der Waals surface area contributed by atoms with Crippen LogP contribution in [0.25, 0.3) is 0 Å². The van der Waals surface area contributed by atoms with Gasteiger partial charge >= 0.3 is 0 Å². The SMILES string of the molecule is Cc1ccccc1OCn1ccc(C(=O)N2CCC(C)CC2)n1. The molecule has 0 spiro atoms. The molecule has 1 amide bonds. The highest BCUT2D eigenvalue weighted by atomic mass is 16.5. The lowest BCUT2D eigenvalue weighted by Crippen LogP contribution is -2.38. The maximum absolute atomic E-state index is 12.5.